The summed E-state index contributed by atoms with van der Waals surface area (Å²) in [6.45, 7) is 2.01. The van der Waals surface area contributed by atoms with E-state index < -0.39 is 232 Å². The number of para-hydroxylation sites is 1. The average molecular weight is 1930 g/mol. The molecule has 2 saturated heterocycles. The number of nitrogens with zero attached hydrogens (tertiary/aromatic N) is 5. The lowest BCUT2D eigenvalue weighted by atomic mass is 10.0. The highest BCUT2D eigenvalue weighted by atomic mass is 16.5. The van der Waals surface area contributed by atoms with E-state index in [-0.39, 0.29) is 115 Å². The maximum Gasteiger partial charge on any atom is 0.246 e. The highest BCUT2D eigenvalue weighted by Gasteiger charge is 2.45. The number of aromatic nitrogens is 7. The molecule has 0 radical (unpaired) electrons. The lowest BCUT2D eigenvalue weighted by molar-refractivity contribution is -0.143. The first kappa shape index (κ1) is 112. The molecule has 0 aliphatic carbocycles. The van der Waals surface area contributed by atoms with Crippen LogP contribution >= 0.6 is 0 Å². The second kappa shape index (κ2) is 62.0. The molecule has 2 aliphatic rings. The van der Waals surface area contributed by atoms with Crippen LogP contribution < -0.4 is 85.9 Å². The number of rotatable bonds is 56. The van der Waals surface area contributed by atoms with Gasteiger partial charge in [0.15, 0.2) is 11.7 Å². The van der Waals surface area contributed by atoms with E-state index in [4.69, 9.17) is 26.4 Å². The van der Waals surface area contributed by atoms with Crippen LogP contribution in [0.15, 0.2) is 73.3 Å². The Bertz CT molecular complexity index is 4700. The van der Waals surface area contributed by atoms with Crippen molar-refractivity contribution in [2.24, 2.45) is 11.5 Å². The molecule has 3 aromatic heterocycles. The number of nitrogens with one attached hydrogen (secondary N) is 18. The highest BCUT2D eigenvalue weighted by Crippen LogP contribution is 2.25. The summed E-state index contributed by atoms with van der Waals surface area (Å²) in [5.74, 6) is -13.5. The fourth-order valence-electron chi connectivity index (χ4n) is 15.9. The SMILES string of the molecule is CCCC[C@H](NC(=O)[C@@H](NC(=O)[C@H](Cc1c[nH]cn1)NC(=O)[C@H](CCC(N)=O)NC(=O)[C@H](CO)NC(=O)CNC(=O)COCCOCCNC(=O)CCCCCCCCCCCCCCCc1nnn[nH]1)[C@@H](C)O)C(=O)N[C@H]1CCC(=O)NCCCC[C@@H](C(C)=O)NC(=O)[C@H](Cc2c[nH]c3ccccc23)NC(=O)[C@H](CCCNC(=N)N)NC(=O)[C@@H](Cc2ccccc2)NC(=O)[C@@H]2C[C@@H](O)CN2C1=O. The monoisotopic (exact) mass is 1930 g/mol. The number of hydrogen-bond donors (Lipinski definition) is 23. The number of H-pyrrole nitrogens is 3. The van der Waals surface area contributed by atoms with Crippen molar-refractivity contribution < 1.29 is 102 Å². The van der Waals surface area contributed by atoms with Crippen LogP contribution in [0, 0.1) is 5.41 Å². The van der Waals surface area contributed by atoms with Crippen LogP contribution in [-0.2, 0) is 112 Å². The van der Waals surface area contributed by atoms with Gasteiger partial charge in [0.05, 0.1) is 63.2 Å². The van der Waals surface area contributed by atoms with E-state index in [0.29, 0.717) is 24.0 Å². The van der Waals surface area contributed by atoms with Crippen LogP contribution in [0.1, 0.15) is 217 Å². The largest absolute Gasteiger partial charge is 0.394 e. The van der Waals surface area contributed by atoms with Crippen molar-refractivity contribution in [1.29, 1.82) is 5.41 Å². The molecule has 46 heteroatoms. The number of amides is 15. The zero-order valence-corrected chi connectivity index (χ0v) is 79.0. The van der Waals surface area contributed by atoms with Gasteiger partial charge < -0.3 is 126 Å². The Morgan fingerprint density at radius 1 is 0.623 bits per heavy atom. The van der Waals surface area contributed by atoms with Gasteiger partial charge in [-0.2, -0.15) is 0 Å². The summed E-state index contributed by atoms with van der Waals surface area (Å²) >= 11 is 0. The van der Waals surface area contributed by atoms with E-state index >= 15 is 19.2 Å². The van der Waals surface area contributed by atoms with Crippen molar-refractivity contribution in [2.75, 3.05) is 65.8 Å². The zero-order valence-electron chi connectivity index (χ0n) is 79.0. The van der Waals surface area contributed by atoms with Crippen molar-refractivity contribution in [1.82, 2.24) is 115 Å². The van der Waals surface area contributed by atoms with Crippen LogP contribution in [-0.4, -0.2) is 301 Å². The molecule has 2 aliphatic heterocycles. The van der Waals surface area contributed by atoms with Crippen molar-refractivity contribution in [3.63, 3.8) is 0 Å². The van der Waals surface area contributed by atoms with E-state index in [2.05, 4.69) is 110 Å². The van der Waals surface area contributed by atoms with E-state index in [1.165, 1.54) is 70.8 Å². The normalized spacial score (nSPS) is 18.9. The van der Waals surface area contributed by atoms with Gasteiger partial charge in [-0.3, -0.25) is 82.1 Å². The fourth-order valence-corrected chi connectivity index (χ4v) is 15.9. The number of ketones is 1. The number of aryl methyl sites for hydroxylation is 1. The maximum atomic E-state index is 15.4. The molecule has 25 N–H and O–H groups in total. The summed E-state index contributed by atoms with van der Waals surface area (Å²) in [6.07, 6.45) is 15.2. The number of imidazole rings is 1. The molecule has 0 bridgehead atoms. The Morgan fingerprint density at radius 2 is 1.26 bits per heavy atom. The van der Waals surface area contributed by atoms with E-state index in [1.807, 2.05) is 18.2 Å². The van der Waals surface area contributed by atoms with Gasteiger partial charge in [-0.15, -0.1) is 5.10 Å². The van der Waals surface area contributed by atoms with Gasteiger partial charge >= 0.3 is 0 Å². The molecule has 760 valence electrons. The highest BCUT2D eigenvalue weighted by molar-refractivity contribution is 6.01. The van der Waals surface area contributed by atoms with E-state index in [0.717, 1.165) is 67.1 Å². The van der Waals surface area contributed by atoms with Crippen molar-refractivity contribution in [3.05, 3.63) is 96.0 Å². The number of carbonyl (C=O) groups excluding carboxylic acids is 16. The standard InChI is InChI=1S/C92H141N25O21/c1-4-5-30-66(82(127)108-69-37-39-78(124)97-40-25-24-31-64(57(2)119)104-86(131)71(47-60-50-100-65-32-23-22-29-63(60)65)109-83(128)67(33-26-41-99-92(94)95)105-85(130)70(46-59-27-18-17-19-28-59)111-89(134)74-49-62(121)53-117(74)91(69)136)107-90(135)81(58(3)120)112-87(132)72(48-61-51-96-56-102-61)110-84(129)68(36-38-75(93)122)106-88(133)73(54-118)103-79(125)52-101-80(126)55-138-45-44-137-43-42-98-77(123)35-21-16-14-12-10-8-6-7-9-11-13-15-20-34-76-113-115-116-114-76/h17-19,22-23,27-29,32,50-51,56,58,62,64,66-74,81,100,118,120-121H,4-16,20-21,24-26,30-31,33-49,52-55H2,1-3H3,(H2,93,122)(H,96,102)(H,97,124)(H,98,123)(H,101,126)(H,103,125)(H,104,131)(H,105,130)(H,106,133)(H,107,135)(H,108,127)(H,109,128)(H,110,129)(H,111,134)(H,112,132)(H4,94,95,99)(H,113,114,115,116)/t58-,62-,64+,66+,67+,68+,69+,70-,71+,72+,73+,74+,81+/m1/s1. The Labute approximate surface area is 801 Å². The molecular weight excluding hydrogens is 1790 g/mol. The first-order valence-electron chi connectivity index (χ1n) is 47.8. The third-order valence-electron chi connectivity index (χ3n) is 23.6. The summed E-state index contributed by atoms with van der Waals surface area (Å²) in [5.41, 5.74) is 13.1. The molecule has 0 saturated carbocycles. The van der Waals surface area contributed by atoms with Gasteiger partial charge in [0, 0.05) is 101 Å². The summed E-state index contributed by atoms with van der Waals surface area (Å²) < 4.78 is 10.8. The minimum Gasteiger partial charge on any atom is -0.394 e. The molecule has 2 fully saturated rings. The molecule has 7 rings (SSSR count). The van der Waals surface area contributed by atoms with Crippen LogP contribution in [0.4, 0.5) is 0 Å². The topological polar surface area (TPSA) is 699 Å². The van der Waals surface area contributed by atoms with Gasteiger partial charge in [0.2, 0.25) is 88.6 Å². The number of nitrogens with two attached hydrogens (primary N) is 2. The van der Waals surface area contributed by atoms with Crippen LogP contribution in [0.2, 0.25) is 0 Å². The van der Waals surface area contributed by atoms with Crippen molar-refractivity contribution >= 4 is 111 Å². The lowest BCUT2D eigenvalue weighted by Crippen LogP contribution is -2.62. The third-order valence-corrected chi connectivity index (χ3v) is 23.6. The van der Waals surface area contributed by atoms with Gasteiger partial charge in [-0.1, -0.05) is 139 Å². The Hall–Kier alpha value is -13.0. The van der Waals surface area contributed by atoms with Crippen molar-refractivity contribution in [3.8, 4) is 0 Å². The number of guanidine groups is 1. The molecule has 5 heterocycles. The minimum absolute atomic E-state index is 0.0135. The second-order valence-corrected chi connectivity index (χ2v) is 34.8. The summed E-state index contributed by atoms with van der Waals surface area (Å²) in [6, 6.07) is -1.84. The maximum absolute atomic E-state index is 15.4. The zero-order chi connectivity index (χ0) is 100. The Balaban J connectivity index is 0.959. The lowest BCUT2D eigenvalue weighted by Gasteiger charge is -2.31. The van der Waals surface area contributed by atoms with Gasteiger partial charge in [0.1, 0.15) is 72.8 Å². The molecule has 46 nitrogen and oxygen atoms in total. The van der Waals surface area contributed by atoms with Gasteiger partial charge in [0.25, 0.3) is 0 Å². The summed E-state index contributed by atoms with van der Waals surface area (Å²) in [4.78, 5) is 236. The molecule has 5 aromatic rings. The number of fused-ring (bicyclic) bond motifs is 2. The molecule has 0 spiro atoms. The second-order valence-electron chi connectivity index (χ2n) is 34.8. The Morgan fingerprint density at radius 3 is 1.93 bits per heavy atom. The first-order valence-corrected chi connectivity index (χ1v) is 47.8. The molecular formula is C92H141N25O21. The van der Waals surface area contributed by atoms with Crippen molar-refractivity contribution in [2.45, 2.75) is 298 Å². The van der Waals surface area contributed by atoms with Crippen LogP contribution in [0.3, 0.4) is 0 Å². The average Bonchev–Trinajstić information content (AvgIpc) is 1.60. The molecule has 2 aromatic carbocycles. The number of tetrazole rings is 1. The number of aromatic amines is 3. The summed E-state index contributed by atoms with van der Waals surface area (Å²) in [7, 11) is 0. The smallest absolute Gasteiger partial charge is 0.246 e. The number of hydrogen-bond acceptors (Lipinski definition) is 26. The number of aliphatic hydroxyl groups is 3. The molecule has 138 heavy (non-hydrogen) atoms. The van der Waals surface area contributed by atoms with Gasteiger partial charge in [-0.25, -0.2) is 10.1 Å². The number of ether oxygens (including phenoxy) is 2. The van der Waals surface area contributed by atoms with E-state index in [9.17, 15) is 72.9 Å². The van der Waals surface area contributed by atoms with Gasteiger partial charge in [-0.05, 0) is 106 Å². The molecule has 13 atom stereocenters. The number of carbonyl (C=O) groups is 16. The predicted molar refractivity (Wildman–Crippen MR) is 503 cm³/mol. The predicted octanol–water partition coefficient (Wildman–Crippen LogP) is -2.03. The third kappa shape index (κ3) is 41.5. The quantitative estimate of drug-likeness (QED) is 0.0113. The van der Waals surface area contributed by atoms with Crippen LogP contribution in [0.5, 0.6) is 0 Å². The number of Topliss-reactive ketones (excluding diaryl/α,β-unsaturated/α-hetero) is 1. The minimum atomic E-state index is -1.95. The number of primary amides is 1. The molecule has 15 amide bonds. The fraction of sp³-hybridized carbons (Fsp3) is 0.620. The first-order chi connectivity index (χ1) is 66.4. The Kier molecular flexibility index (Phi) is 50.3. The van der Waals surface area contributed by atoms with Crippen LogP contribution in [0.25, 0.3) is 10.9 Å². The number of aliphatic hydroxyl groups excluding tert-OH is 3. The number of unbranched alkanes of at least 4 members (excludes halogenated alkanes) is 13. The number of benzene rings is 2. The summed E-state index contributed by atoms with van der Waals surface area (Å²) in [5, 5.41) is 91.7. The molecule has 0 unspecified atom stereocenters. The van der Waals surface area contributed by atoms with E-state index in [1.54, 1.807) is 49.5 Å².